The number of halogens is 6. The minimum absolute atomic E-state index is 0.280. The Bertz CT molecular complexity index is 616. The smallest absolute Gasteiger partial charge is 0.400 e. The van der Waals surface area contributed by atoms with Crippen molar-refractivity contribution >= 4 is 0 Å². The van der Waals surface area contributed by atoms with E-state index in [2.05, 4.69) is 9.47 Å². The Kier molecular flexibility index (Phi) is 7.44. The lowest BCUT2D eigenvalue weighted by Crippen LogP contribution is -2.37. The van der Waals surface area contributed by atoms with Crippen molar-refractivity contribution in [2.45, 2.75) is 58.0 Å². The fourth-order valence-electron chi connectivity index (χ4n) is 3.31. The molecule has 0 spiro atoms. The first kappa shape index (κ1) is 21.4. The maximum Gasteiger partial charge on any atom is 0.400 e. The molecule has 1 saturated carbocycles. The first-order valence-corrected chi connectivity index (χ1v) is 8.90. The summed E-state index contributed by atoms with van der Waals surface area (Å²) >= 11 is 0. The van der Waals surface area contributed by atoms with E-state index in [4.69, 9.17) is 0 Å². The minimum atomic E-state index is -3.56. The van der Waals surface area contributed by atoms with Crippen molar-refractivity contribution in [2.75, 3.05) is 0 Å². The van der Waals surface area contributed by atoms with Gasteiger partial charge in [0, 0.05) is 18.2 Å². The van der Waals surface area contributed by atoms with Crippen LogP contribution in [0.1, 0.15) is 45.4 Å². The summed E-state index contributed by atoms with van der Waals surface area (Å²) in [7, 11) is 0. The van der Waals surface area contributed by atoms with Gasteiger partial charge in [-0.1, -0.05) is 19.8 Å². The van der Waals surface area contributed by atoms with Crippen LogP contribution < -0.4 is 9.47 Å². The molecule has 0 atom stereocenters. The summed E-state index contributed by atoms with van der Waals surface area (Å²) < 4.78 is 89.5. The molecule has 0 saturated heterocycles. The molecule has 2 nitrogen and oxygen atoms in total. The van der Waals surface area contributed by atoms with Gasteiger partial charge in [0.2, 0.25) is 0 Å². The van der Waals surface area contributed by atoms with Crippen molar-refractivity contribution in [3.05, 3.63) is 36.1 Å². The third-order valence-corrected chi connectivity index (χ3v) is 4.65. The molecule has 0 aromatic heterocycles. The van der Waals surface area contributed by atoms with Gasteiger partial charge in [0.05, 0.1) is 12.2 Å². The van der Waals surface area contributed by atoms with Crippen LogP contribution in [0.5, 0.6) is 11.5 Å². The van der Waals surface area contributed by atoms with Gasteiger partial charge in [0.25, 0.3) is 6.43 Å². The standard InChI is InChI=1S/C19H22F6O2/c1-2-3-12-4-6-13(7-5-12)19(24,25)27-14-10-15(20)18(16(21)11-14)26-9-8-17(22)23/h8-13,17H,2-7H2,1H3. The largest absolute Gasteiger partial charge is 0.459 e. The zero-order chi connectivity index (χ0) is 20.0. The molecule has 0 aliphatic heterocycles. The average Bonchev–Trinajstić information content (AvgIpc) is 2.57. The molecular weight excluding hydrogens is 374 g/mol. The molecule has 2 rings (SSSR count). The second-order valence-corrected chi connectivity index (χ2v) is 6.67. The molecule has 1 aliphatic carbocycles. The van der Waals surface area contributed by atoms with Gasteiger partial charge in [-0.25, -0.2) is 17.6 Å². The van der Waals surface area contributed by atoms with E-state index in [9.17, 15) is 26.3 Å². The first-order chi connectivity index (χ1) is 12.7. The summed E-state index contributed by atoms with van der Waals surface area (Å²) in [4.78, 5) is 0. The highest BCUT2D eigenvalue weighted by atomic mass is 19.3. The second kappa shape index (κ2) is 9.37. The van der Waals surface area contributed by atoms with E-state index in [-0.39, 0.29) is 18.9 Å². The second-order valence-electron chi connectivity index (χ2n) is 6.67. The molecule has 0 N–H and O–H groups in total. The highest BCUT2D eigenvalue weighted by Crippen LogP contribution is 2.41. The SMILES string of the molecule is CCCC1CCC(C(F)(F)Oc2cc(F)c(OC=CC(F)F)c(F)c2)CC1. The predicted octanol–water partition coefficient (Wildman–Crippen LogP) is 6.70. The Morgan fingerprint density at radius 2 is 1.70 bits per heavy atom. The summed E-state index contributed by atoms with van der Waals surface area (Å²) in [5.74, 6) is -4.91. The van der Waals surface area contributed by atoms with Crippen LogP contribution in [-0.2, 0) is 0 Å². The molecule has 0 heterocycles. The molecule has 0 radical (unpaired) electrons. The van der Waals surface area contributed by atoms with Crippen LogP contribution in [0.4, 0.5) is 26.3 Å². The van der Waals surface area contributed by atoms with Crippen LogP contribution in [0.25, 0.3) is 0 Å². The van der Waals surface area contributed by atoms with Crippen LogP contribution in [0.2, 0.25) is 0 Å². The molecule has 152 valence electrons. The van der Waals surface area contributed by atoms with E-state index in [1.165, 1.54) is 0 Å². The van der Waals surface area contributed by atoms with Crippen LogP contribution >= 0.6 is 0 Å². The highest BCUT2D eigenvalue weighted by molar-refractivity contribution is 5.35. The maximum atomic E-state index is 14.4. The highest BCUT2D eigenvalue weighted by Gasteiger charge is 2.44. The van der Waals surface area contributed by atoms with Crippen molar-refractivity contribution < 1.29 is 35.8 Å². The quantitative estimate of drug-likeness (QED) is 0.360. The predicted molar refractivity (Wildman–Crippen MR) is 88.1 cm³/mol. The number of hydrogen-bond donors (Lipinski definition) is 0. The average molecular weight is 396 g/mol. The van der Waals surface area contributed by atoms with E-state index in [0.717, 1.165) is 12.8 Å². The van der Waals surface area contributed by atoms with Crippen molar-refractivity contribution in [1.82, 2.24) is 0 Å². The molecule has 8 heteroatoms. The lowest BCUT2D eigenvalue weighted by molar-refractivity contribution is -0.223. The molecule has 1 aromatic carbocycles. The summed E-state index contributed by atoms with van der Waals surface area (Å²) in [6.07, 6.45) is -1.81. The fraction of sp³-hybridized carbons (Fsp3) is 0.579. The molecule has 27 heavy (non-hydrogen) atoms. The summed E-state index contributed by atoms with van der Waals surface area (Å²) in [5.41, 5.74) is 0. The maximum absolute atomic E-state index is 14.4. The molecule has 0 unspecified atom stereocenters. The lowest BCUT2D eigenvalue weighted by Gasteiger charge is -2.33. The van der Waals surface area contributed by atoms with E-state index < -0.39 is 41.6 Å². The lowest BCUT2D eigenvalue weighted by atomic mass is 9.79. The third-order valence-electron chi connectivity index (χ3n) is 4.65. The van der Waals surface area contributed by atoms with E-state index in [0.29, 0.717) is 37.2 Å². The van der Waals surface area contributed by atoms with Crippen molar-refractivity contribution in [3.8, 4) is 11.5 Å². The van der Waals surface area contributed by atoms with Gasteiger partial charge in [-0.05, 0) is 31.6 Å². The Morgan fingerprint density at radius 3 is 2.22 bits per heavy atom. The van der Waals surface area contributed by atoms with Crippen LogP contribution in [0, 0.1) is 23.5 Å². The Hall–Kier alpha value is -1.86. The van der Waals surface area contributed by atoms with E-state index >= 15 is 0 Å². The first-order valence-electron chi connectivity index (χ1n) is 8.90. The molecule has 0 bridgehead atoms. The number of rotatable bonds is 8. The van der Waals surface area contributed by atoms with E-state index in [1.54, 1.807) is 0 Å². The number of alkyl halides is 4. The zero-order valence-electron chi connectivity index (χ0n) is 14.9. The molecular formula is C19H22F6O2. The number of allylic oxidation sites excluding steroid dienone is 1. The Balaban J connectivity index is 2.03. The summed E-state index contributed by atoms with van der Waals surface area (Å²) in [5, 5.41) is 0. The third kappa shape index (κ3) is 6.07. The minimum Gasteiger partial charge on any atom is -0.459 e. The van der Waals surface area contributed by atoms with Gasteiger partial charge in [-0.2, -0.15) is 8.78 Å². The van der Waals surface area contributed by atoms with Crippen LogP contribution in [0.15, 0.2) is 24.5 Å². The monoisotopic (exact) mass is 396 g/mol. The van der Waals surface area contributed by atoms with Gasteiger partial charge in [-0.15, -0.1) is 0 Å². The zero-order valence-corrected chi connectivity index (χ0v) is 14.9. The fourth-order valence-corrected chi connectivity index (χ4v) is 3.31. The Labute approximate surface area is 154 Å². The topological polar surface area (TPSA) is 18.5 Å². The summed E-state index contributed by atoms with van der Waals surface area (Å²) in [6.45, 7) is 2.05. The van der Waals surface area contributed by atoms with Crippen molar-refractivity contribution in [1.29, 1.82) is 0 Å². The number of hydrogen-bond acceptors (Lipinski definition) is 2. The number of ether oxygens (including phenoxy) is 2. The molecule has 1 aliphatic rings. The number of benzene rings is 1. The van der Waals surface area contributed by atoms with Gasteiger partial charge >= 0.3 is 6.11 Å². The molecule has 1 fully saturated rings. The van der Waals surface area contributed by atoms with Gasteiger partial charge in [0.15, 0.2) is 17.4 Å². The van der Waals surface area contributed by atoms with Crippen LogP contribution in [-0.4, -0.2) is 12.5 Å². The van der Waals surface area contributed by atoms with Gasteiger partial charge in [0.1, 0.15) is 5.75 Å². The van der Waals surface area contributed by atoms with Gasteiger partial charge in [-0.3, -0.25) is 0 Å². The Morgan fingerprint density at radius 1 is 1.11 bits per heavy atom. The molecule has 0 amide bonds. The van der Waals surface area contributed by atoms with Crippen molar-refractivity contribution in [2.24, 2.45) is 11.8 Å². The van der Waals surface area contributed by atoms with E-state index in [1.807, 2.05) is 6.92 Å². The normalized spacial score (nSPS) is 21.0. The van der Waals surface area contributed by atoms with Crippen LogP contribution in [0.3, 0.4) is 0 Å². The van der Waals surface area contributed by atoms with Gasteiger partial charge < -0.3 is 9.47 Å². The summed E-state index contributed by atoms with van der Waals surface area (Å²) in [6, 6.07) is 1.09. The molecule has 1 aromatic rings. The van der Waals surface area contributed by atoms with Crippen molar-refractivity contribution in [3.63, 3.8) is 0 Å².